The van der Waals surface area contributed by atoms with Gasteiger partial charge in [-0.05, 0) is 131 Å². The van der Waals surface area contributed by atoms with Crippen LogP contribution in [0.1, 0.15) is 155 Å². The van der Waals surface area contributed by atoms with Crippen LogP contribution in [0.3, 0.4) is 0 Å². The molecule has 1 amide bonds. The lowest BCUT2D eigenvalue weighted by molar-refractivity contribution is 0.0636. The Hall–Kier alpha value is -3.85. The van der Waals surface area contributed by atoms with Gasteiger partial charge in [0.2, 0.25) is 0 Å². The van der Waals surface area contributed by atoms with E-state index in [1.54, 1.807) is 0 Å². The molecule has 0 aromatic heterocycles. The van der Waals surface area contributed by atoms with E-state index in [1.165, 1.54) is 75.8 Å². The van der Waals surface area contributed by atoms with E-state index in [-0.39, 0.29) is 10.8 Å². The van der Waals surface area contributed by atoms with E-state index in [4.69, 9.17) is 4.74 Å². The van der Waals surface area contributed by atoms with Crippen molar-refractivity contribution in [2.24, 2.45) is 17.8 Å². The van der Waals surface area contributed by atoms with E-state index < -0.39 is 17.1 Å². The molecule has 0 saturated carbocycles. The summed E-state index contributed by atoms with van der Waals surface area (Å²) in [6.07, 6.45) is 6.57. The van der Waals surface area contributed by atoms with Crippen LogP contribution in [0, 0.1) is 17.8 Å². The maximum atomic E-state index is 13.4. The Morgan fingerprint density at radius 2 is 1.32 bits per heavy atom. The van der Waals surface area contributed by atoms with Gasteiger partial charge in [0.25, 0.3) is 0 Å². The minimum Gasteiger partial charge on any atom is -0.444 e. The number of benzene rings is 4. The maximum Gasteiger partial charge on any atom is 0.412 e. The third-order valence-corrected chi connectivity index (χ3v) is 13.1. The largest absolute Gasteiger partial charge is 0.444 e. The van der Waals surface area contributed by atoms with Crippen LogP contribution in [0.15, 0.2) is 78.9 Å². The molecule has 6 rings (SSSR count). The van der Waals surface area contributed by atoms with Crippen LogP contribution in [0.2, 0.25) is 0 Å². The summed E-state index contributed by atoms with van der Waals surface area (Å²) in [5.74, 6) is 1.87. The van der Waals surface area contributed by atoms with Gasteiger partial charge in [-0.25, -0.2) is 4.79 Å². The molecule has 1 spiro atoms. The van der Waals surface area contributed by atoms with Gasteiger partial charge in [0.1, 0.15) is 5.60 Å². The SMILES string of the molecule is CCC(C)(CCCC(C)C)c1ccc2c(c1)C1(c3cc(C(C)(CC)C(C)CC(C)C)ccc3-2)c2ccccc2-c2c(NC(=O)OC(C)(C)C)cccc21. The number of carbonyl (C=O) groups is 1. The second-order valence-electron chi connectivity index (χ2n) is 18.7. The van der Waals surface area contributed by atoms with Gasteiger partial charge in [0.15, 0.2) is 0 Å². The van der Waals surface area contributed by atoms with Crippen molar-refractivity contribution in [3.05, 3.63) is 112 Å². The quantitative estimate of drug-likeness (QED) is 0.137. The molecule has 2 aliphatic carbocycles. The van der Waals surface area contributed by atoms with Gasteiger partial charge in [-0.1, -0.05) is 148 Å². The molecule has 0 saturated heterocycles. The van der Waals surface area contributed by atoms with E-state index >= 15 is 0 Å². The van der Waals surface area contributed by atoms with E-state index in [0.29, 0.717) is 17.8 Å². The summed E-state index contributed by atoms with van der Waals surface area (Å²) in [6.45, 7) is 27.2. The first-order valence-corrected chi connectivity index (χ1v) is 20.5. The Labute approximate surface area is 321 Å². The highest BCUT2D eigenvalue weighted by Gasteiger charge is 2.53. The lowest BCUT2D eigenvalue weighted by Gasteiger charge is -2.38. The first kappa shape index (κ1) is 38.9. The zero-order valence-electron chi connectivity index (χ0n) is 34.8. The predicted molar refractivity (Wildman–Crippen MR) is 225 cm³/mol. The number of ether oxygens (including phenoxy) is 1. The van der Waals surface area contributed by atoms with E-state index in [0.717, 1.165) is 24.1 Å². The molecule has 0 radical (unpaired) electrons. The van der Waals surface area contributed by atoms with Crippen molar-refractivity contribution in [3.63, 3.8) is 0 Å². The molecule has 0 bridgehead atoms. The molecule has 3 heteroatoms. The molecular formula is C50H65NO2. The molecule has 53 heavy (non-hydrogen) atoms. The van der Waals surface area contributed by atoms with Crippen molar-refractivity contribution in [2.45, 2.75) is 143 Å². The fourth-order valence-corrected chi connectivity index (χ4v) is 9.71. The smallest absolute Gasteiger partial charge is 0.412 e. The van der Waals surface area contributed by atoms with Gasteiger partial charge in [0.05, 0.1) is 11.1 Å². The Balaban J connectivity index is 1.64. The predicted octanol–water partition coefficient (Wildman–Crippen LogP) is 14.2. The normalized spacial score (nSPS) is 18.6. The number of nitrogens with one attached hydrogen (secondary N) is 1. The van der Waals surface area contributed by atoms with Gasteiger partial charge in [0, 0.05) is 5.56 Å². The number of hydrogen-bond acceptors (Lipinski definition) is 2. The molecule has 0 fully saturated rings. The van der Waals surface area contributed by atoms with Crippen molar-refractivity contribution >= 4 is 11.8 Å². The van der Waals surface area contributed by atoms with Gasteiger partial charge >= 0.3 is 6.09 Å². The summed E-state index contributed by atoms with van der Waals surface area (Å²) in [5, 5.41) is 3.19. The number of anilines is 1. The highest BCUT2D eigenvalue weighted by atomic mass is 16.6. The first-order valence-electron chi connectivity index (χ1n) is 20.5. The fourth-order valence-electron chi connectivity index (χ4n) is 9.71. The minimum atomic E-state index is -0.600. The zero-order valence-corrected chi connectivity index (χ0v) is 34.8. The number of amides is 1. The molecule has 4 aromatic rings. The monoisotopic (exact) mass is 712 g/mol. The molecule has 4 aromatic carbocycles. The van der Waals surface area contributed by atoms with Crippen molar-refractivity contribution in [1.29, 1.82) is 0 Å². The second-order valence-corrected chi connectivity index (χ2v) is 18.7. The lowest BCUT2D eigenvalue weighted by atomic mass is 9.65. The highest BCUT2D eigenvalue weighted by Crippen LogP contribution is 2.65. The molecule has 4 atom stereocenters. The number of fused-ring (bicyclic) bond motifs is 10. The molecule has 282 valence electrons. The summed E-state index contributed by atoms with van der Waals surface area (Å²) in [6, 6.07) is 30.3. The molecule has 3 nitrogen and oxygen atoms in total. The summed E-state index contributed by atoms with van der Waals surface area (Å²) >= 11 is 0. The van der Waals surface area contributed by atoms with Gasteiger partial charge in [-0.3, -0.25) is 5.32 Å². The minimum absolute atomic E-state index is 0.0265. The van der Waals surface area contributed by atoms with E-state index in [9.17, 15) is 4.79 Å². The Bertz CT molecular complexity index is 1980. The molecular weight excluding hydrogens is 647 g/mol. The maximum absolute atomic E-state index is 13.4. The van der Waals surface area contributed by atoms with Crippen LogP contribution in [0.25, 0.3) is 22.3 Å². The third kappa shape index (κ3) is 6.76. The second kappa shape index (κ2) is 14.4. The van der Waals surface area contributed by atoms with Crippen LogP contribution < -0.4 is 5.32 Å². The number of carbonyl (C=O) groups excluding carboxylic acids is 1. The van der Waals surface area contributed by atoms with E-state index in [1.807, 2.05) is 26.8 Å². The summed E-state index contributed by atoms with van der Waals surface area (Å²) in [5.41, 5.74) is 12.7. The van der Waals surface area contributed by atoms with Gasteiger partial charge < -0.3 is 4.74 Å². The third-order valence-electron chi connectivity index (χ3n) is 13.1. The van der Waals surface area contributed by atoms with Crippen LogP contribution in [-0.4, -0.2) is 11.7 Å². The van der Waals surface area contributed by atoms with Crippen LogP contribution in [-0.2, 0) is 21.0 Å². The van der Waals surface area contributed by atoms with Crippen LogP contribution >= 0.6 is 0 Å². The van der Waals surface area contributed by atoms with Crippen molar-refractivity contribution in [3.8, 4) is 22.3 Å². The standard InChI is InChI=1S/C50H65NO2/c1-13-48(11,28-18-19-32(3)4)35-24-26-37-38-27-25-36(49(12,14-2)34(7)29-33(5)6)31-43(38)50(42(37)30-35)40-21-16-15-20-39(40)45-41(50)22-17-23-44(45)51-46(52)53-47(8,9)10/h15-17,20-27,30-34H,13-14,18-19,28-29H2,1-12H3,(H,51,52). The van der Waals surface area contributed by atoms with Gasteiger partial charge in [-0.15, -0.1) is 0 Å². The first-order chi connectivity index (χ1) is 25.0. The summed E-state index contributed by atoms with van der Waals surface area (Å²) in [7, 11) is 0. The average molecular weight is 712 g/mol. The van der Waals surface area contributed by atoms with Crippen molar-refractivity contribution < 1.29 is 9.53 Å². The fraction of sp³-hybridized carbons (Fsp3) is 0.500. The van der Waals surface area contributed by atoms with Crippen LogP contribution in [0.5, 0.6) is 0 Å². The molecule has 0 aliphatic heterocycles. The summed E-state index contributed by atoms with van der Waals surface area (Å²) in [4.78, 5) is 13.4. The van der Waals surface area contributed by atoms with Gasteiger partial charge in [-0.2, -0.15) is 0 Å². The zero-order chi connectivity index (χ0) is 38.5. The number of hydrogen-bond donors (Lipinski definition) is 1. The topological polar surface area (TPSA) is 38.3 Å². The van der Waals surface area contributed by atoms with Crippen molar-refractivity contribution in [1.82, 2.24) is 0 Å². The Morgan fingerprint density at radius 3 is 1.92 bits per heavy atom. The number of rotatable bonds is 12. The van der Waals surface area contributed by atoms with Crippen molar-refractivity contribution in [2.75, 3.05) is 5.32 Å². The molecule has 2 aliphatic rings. The Morgan fingerprint density at radius 1 is 0.698 bits per heavy atom. The Kier molecular flexibility index (Phi) is 10.6. The van der Waals surface area contributed by atoms with E-state index in [2.05, 4.69) is 140 Å². The molecule has 4 unspecified atom stereocenters. The highest BCUT2D eigenvalue weighted by molar-refractivity contribution is 6.01. The summed E-state index contributed by atoms with van der Waals surface area (Å²) < 4.78 is 5.80. The lowest BCUT2D eigenvalue weighted by Crippen LogP contribution is -2.32. The molecule has 0 heterocycles. The van der Waals surface area contributed by atoms with Crippen LogP contribution in [0.4, 0.5) is 10.5 Å². The molecule has 1 N–H and O–H groups in total. The average Bonchev–Trinajstić information content (AvgIpc) is 3.57.